The van der Waals surface area contributed by atoms with Gasteiger partial charge in [-0.1, -0.05) is 13.3 Å². The molecule has 0 aliphatic heterocycles. The van der Waals surface area contributed by atoms with Crippen molar-refractivity contribution in [2.24, 2.45) is 5.92 Å². The average Bonchev–Trinajstić information content (AvgIpc) is 2.69. The van der Waals surface area contributed by atoms with Gasteiger partial charge in [-0.2, -0.15) is 11.3 Å². The van der Waals surface area contributed by atoms with E-state index < -0.39 is 0 Å². The van der Waals surface area contributed by atoms with E-state index in [2.05, 4.69) is 49.8 Å². The van der Waals surface area contributed by atoms with Crippen molar-refractivity contribution in [3.05, 3.63) is 22.4 Å². The first-order chi connectivity index (χ1) is 7.51. The van der Waals surface area contributed by atoms with Crippen molar-refractivity contribution in [3.63, 3.8) is 0 Å². The van der Waals surface area contributed by atoms with Crippen LogP contribution in [0.1, 0.15) is 46.1 Å². The van der Waals surface area contributed by atoms with Gasteiger partial charge in [0.25, 0.3) is 0 Å². The highest BCUT2D eigenvalue weighted by Gasteiger charge is 2.12. The van der Waals surface area contributed by atoms with Gasteiger partial charge in [0.1, 0.15) is 0 Å². The molecule has 92 valence electrons. The molecule has 0 aromatic carbocycles. The highest BCUT2D eigenvalue weighted by molar-refractivity contribution is 7.07. The molecule has 0 saturated heterocycles. The molecule has 0 spiro atoms. The van der Waals surface area contributed by atoms with E-state index in [0.717, 1.165) is 12.5 Å². The van der Waals surface area contributed by atoms with Crippen molar-refractivity contribution in [3.8, 4) is 0 Å². The Labute approximate surface area is 104 Å². The molecular weight excluding hydrogens is 214 g/mol. The van der Waals surface area contributed by atoms with E-state index in [-0.39, 0.29) is 5.54 Å². The van der Waals surface area contributed by atoms with Gasteiger partial charge in [0.2, 0.25) is 0 Å². The quantitative estimate of drug-likeness (QED) is 0.788. The van der Waals surface area contributed by atoms with Crippen LogP contribution < -0.4 is 5.32 Å². The average molecular weight is 239 g/mol. The Kier molecular flexibility index (Phi) is 5.50. The summed E-state index contributed by atoms with van der Waals surface area (Å²) in [7, 11) is 0. The number of thiophene rings is 1. The molecule has 0 aliphatic rings. The summed E-state index contributed by atoms with van der Waals surface area (Å²) in [4.78, 5) is 0. The van der Waals surface area contributed by atoms with Gasteiger partial charge in [0.15, 0.2) is 0 Å². The third-order valence-corrected chi connectivity index (χ3v) is 3.65. The summed E-state index contributed by atoms with van der Waals surface area (Å²) in [6, 6.07) is 2.24. The predicted octanol–water partition coefficient (Wildman–Crippen LogP) is 4.10. The molecule has 1 rings (SSSR count). The van der Waals surface area contributed by atoms with Gasteiger partial charge in [-0.05, 0) is 68.5 Å². The maximum absolute atomic E-state index is 3.61. The number of hydrogen-bond donors (Lipinski definition) is 1. The van der Waals surface area contributed by atoms with E-state index in [0.29, 0.717) is 0 Å². The maximum atomic E-state index is 3.61. The van der Waals surface area contributed by atoms with Crippen LogP contribution in [0.3, 0.4) is 0 Å². The zero-order valence-electron chi connectivity index (χ0n) is 11.0. The van der Waals surface area contributed by atoms with Crippen LogP contribution in [0.2, 0.25) is 0 Å². The van der Waals surface area contributed by atoms with E-state index in [1.807, 2.05) is 0 Å². The van der Waals surface area contributed by atoms with Crippen LogP contribution in [0, 0.1) is 5.92 Å². The molecule has 1 aromatic heterocycles. The molecule has 0 radical (unpaired) electrons. The Hall–Kier alpha value is -0.340. The predicted molar refractivity (Wildman–Crippen MR) is 74.2 cm³/mol. The fraction of sp³-hybridized carbons (Fsp3) is 0.714. The standard InChI is InChI=1S/C14H25NS/c1-5-12(10-15-14(2,3)4)6-7-13-8-9-16-11-13/h8-9,11-12,15H,5-7,10H2,1-4H3. The summed E-state index contributed by atoms with van der Waals surface area (Å²) in [5.74, 6) is 0.805. The molecule has 16 heavy (non-hydrogen) atoms. The van der Waals surface area contributed by atoms with E-state index in [1.165, 1.54) is 24.8 Å². The topological polar surface area (TPSA) is 12.0 Å². The lowest BCUT2D eigenvalue weighted by Crippen LogP contribution is -2.39. The van der Waals surface area contributed by atoms with Gasteiger partial charge in [-0.25, -0.2) is 0 Å². The van der Waals surface area contributed by atoms with Gasteiger partial charge >= 0.3 is 0 Å². The first-order valence-corrected chi connectivity index (χ1v) is 7.21. The van der Waals surface area contributed by atoms with Crippen molar-refractivity contribution >= 4 is 11.3 Å². The second-order valence-electron chi connectivity index (χ2n) is 5.58. The fourth-order valence-electron chi connectivity index (χ4n) is 1.71. The Bertz CT molecular complexity index is 271. The summed E-state index contributed by atoms with van der Waals surface area (Å²) in [5.41, 5.74) is 1.75. The lowest BCUT2D eigenvalue weighted by Gasteiger charge is -2.24. The van der Waals surface area contributed by atoms with Crippen molar-refractivity contribution in [1.29, 1.82) is 0 Å². The van der Waals surface area contributed by atoms with Crippen LogP contribution >= 0.6 is 11.3 Å². The number of rotatable bonds is 6. The molecule has 0 saturated carbocycles. The molecule has 2 heteroatoms. The number of nitrogens with one attached hydrogen (secondary N) is 1. The molecule has 1 atom stereocenters. The van der Waals surface area contributed by atoms with Gasteiger partial charge in [-0.3, -0.25) is 0 Å². The van der Waals surface area contributed by atoms with Gasteiger partial charge in [-0.15, -0.1) is 0 Å². The highest BCUT2D eigenvalue weighted by Crippen LogP contribution is 2.15. The molecule has 1 nitrogen and oxygen atoms in total. The van der Waals surface area contributed by atoms with Crippen molar-refractivity contribution in [1.82, 2.24) is 5.32 Å². The summed E-state index contributed by atoms with van der Waals surface area (Å²) >= 11 is 1.80. The second-order valence-corrected chi connectivity index (χ2v) is 6.36. The Morgan fingerprint density at radius 1 is 1.38 bits per heavy atom. The normalized spacial score (nSPS) is 14.0. The summed E-state index contributed by atoms with van der Waals surface area (Å²) in [6.07, 6.45) is 3.80. The maximum Gasteiger partial charge on any atom is 0.00966 e. The van der Waals surface area contributed by atoms with E-state index in [9.17, 15) is 0 Å². The first kappa shape index (κ1) is 13.7. The molecule has 1 unspecified atom stereocenters. The molecule has 1 aromatic rings. The van der Waals surface area contributed by atoms with Gasteiger partial charge in [0, 0.05) is 5.54 Å². The van der Waals surface area contributed by atoms with Crippen LogP contribution in [0.15, 0.2) is 16.8 Å². The summed E-state index contributed by atoms with van der Waals surface area (Å²) in [5, 5.41) is 8.04. The highest BCUT2D eigenvalue weighted by atomic mass is 32.1. The van der Waals surface area contributed by atoms with Crippen LogP contribution in [-0.2, 0) is 6.42 Å². The molecule has 0 bridgehead atoms. The molecule has 1 N–H and O–H groups in total. The van der Waals surface area contributed by atoms with Gasteiger partial charge in [0.05, 0.1) is 0 Å². The molecule has 1 heterocycles. The second kappa shape index (κ2) is 6.41. The minimum absolute atomic E-state index is 0.246. The van der Waals surface area contributed by atoms with Crippen LogP contribution in [0.25, 0.3) is 0 Å². The lowest BCUT2D eigenvalue weighted by atomic mass is 9.97. The SMILES string of the molecule is CCC(CCc1ccsc1)CNC(C)(C)C. The minimum Gasteiger partial charge on any atom is -0.312 e. The third kappa shape index (κ3) is 5.66. The smallest absolute Gasteiger partial charge is 0.00966 e. The van der Waals surface area contributed by atoms with E-state index in [4.69, 9.17) is 0 Å². The van der Waals surface area contributed by atoms with E-state index >= 15 is 0 Å². The lowest BCUT2D eigenvalue weighted by molar-refractivity contribution is 0.352. The van der Waals surface area contributed by atoms with E-state index in [1.54, 1.807) is 11.3 Å². The molecule has 0 aliphatic carbocycles. The van der Waals surface area contributed by atoms with Crippen molar-refractivity contribution in [2.45, 2.75) is 52.5 Å². The van der Waals surface area contributed by atoms with Crippen LogP contribution in [0.5, 0.6) is 0 Å². The van der Waals surface area contributed by atoms with Crippen LogP contribution in [-0.4, -0.2) is 12.1 Å². The zero-order valence-corrected chi connectivity index (χ0v) is 11.9. The molecular formula is C14H25NS. The Morgan fingerprint density at radius 3 is 2.62 bits per heavy atom. The summed E-state index contributed by atoms with van der Waals surface area (Å²) < 4.78 is 0. The third-order valence-electron chi connectivity index (χ3n) is 2.92. The number of hydrogen-bond acceptors (Lipinski definition) is 2. The summed E-state index contributed by atoms with van der Waals surface area (Å²) in [6.45, 7) is 10.1. The first-order valence-electron chi connectivity index (χ1n) is 6.27. The Balaban J connectivity index is 2.27. The Morgan fingerprint density at radius 2 is 2.12 bits per heavy atom. The van der Waals surface area contributed by atoms with Gasteiger partial charge < -0.3 is 5.32 Å². The fourth-order valence-corrected chi connectivity index (χ4v) is 2.41. The largest absolute Gasteiger partial charge is 0.312 e. The zero-order chi connectivity index (χ0) is 12.0. The monoisotopic (exact) mass is 239 g/mol. The van der Waals surface area contributed by atoms with Crippen molar-refractivity contribution in [2.75, 3.05) is 6.54 Å². The molecule has 0 fully saturated rings. The molecule has 0 amide bonds. The number of aryl methyl sites for hydroxylation is 1. The minimum atomic E-state index is 0.246. The van der Waals surface area contributed by atoms with Crippen LogP contribution in [0.4, 0.5) is 0 Å². The van der Waals surface area contributed by atoms with Crippen molar-refractivity contribution < 1.29 is 0 Å².